The van der Waals surface area contributed by atoms with Crippen LogP contribution in [0.15, 0.2) is 48.5 Å². The quantitative estimate of drug-likeness (QED) is 0.428. The topological polar surface area (TPSA) is 63.6 Å². The number of hydrogen-bond acceptors (Lipinski definition) is 4. The molecule has 0 amide bonds. The van der Waals surface area contributed by atoms with Gasteiger partial charge in [0.1, 0.15) is 11.5 Å². The van der Waals surface area contributed by atoms with Crippen LogP contribution in [0, 0.1) is 5.92 Å². The highest BCUT2D eigenvalue weighted by Gasteiger charge is 2.20. The highest BCUT2D eigenvalue weighted by Crippen LogP contribution is 2.27. The van der Waals surface area contributed by atoms with E-state index in [4.69, 9.17) is 4.74 Å². The van der Waals surface area contributed by atoms with Crippen molar-refractivity contribution in [1.29, 1.82) is 0 Å². The van der Waals surface area contributed by atoms with Gasteiger partial charge in [0.15, 0.2) is 5.78 Å². The van der Waals surface area contributed by atoms with Crippen LogP contribution in [0.25, 0.3) is 0 Å². The summed E-state index contributed by atoms with van der Waals surface area (Å²) in [6.45, 7) is 4.04. The van der Waals surface area contributed by atoms with Crippen LogP contribution in [0.2, 0.25) is 0 Å². The third-order valence-electron chi connectivity index (χ3n) is 4.20. The smallest absolute Gasteiger partial charge is 0.314 e. The van der Waals surface area contributed by atoms with E-state index in [0.717, 1.165) is 25.7 Å². The lowest BCUT2D eigenvalue weighted by Crippen LogP contribution is -2.20. The molecule has 132 valence electrons. The summed E-state index contributed by atoms with van der Waals surface area (Å²) in [7, 11) is 0. The summed E-state index contributed by atoms with van der Waals surface area (Å²) in [4.78, 5) is 24.6. The lowest BCUT2D eigenvalue weighted by atomic mass is 9.99. The van der Waals surface area contributed by atoms with Gasteiger partial charge in [-0.3, -0.25) is 9.59 Å². The maximum atomic E-state index is 12.4. The first kappa shape index (κ1) is 18.7. The monoisotopic (exact) mass is 340 g/mol. The van der Waals surface area contributed by atoms with Gasteiger partial charge in [0.25, 0.3) is 0 Å². The minimum absolute atomic E-state index is 0.146. The molecule has 0 spiro atoms. The molecule has 0 bridgehead atoms. The highest BCUT2D eigenvalue weighted by molar-refractivity contribution is 6.10. The third-order valence-corrected chi connectivity index (χ3v) is 4.20. The molecular weight excluding hydrogens is 316 g/mol. The van der Waals surface area contributed by atoms with E-state index in [-0.39, 0.29) is 34.7 Å². The van der Waals surface area contributed by atoms with Crippen LogP contribution >= 0.6 is 0 Å². The molecule has 0 fully saturated rings. The Hall–Kier alpha value is -2.62. The third kappa shape index (κ3) is 4.92. The molecule has 25 heavy (non-hydrogen) atoms. The van der Waals surface area contributed by atoms with E-state index < -0.39 is 0 Å². The van der Waals surface area contributed by atoms with Crippen molar-refractivity contribution in [2.75, 3.05) is 0 Å². The molecule has 2 aromatic rings. The zero-order chi connectivity index (χ0) is 18.2. The summed E-state index contributed by atoms with van der Waals surface area (Å²) in [5, 5.41) is 10.2. The number of ketones is 1. The van der Waals surface area contributed by atoms with Gasteiger partial charge in [-0.15, -0.1) is 0 Å². The minimum atomic E-state index is -0.294. The Balaban J connectivity index is 2.11. The standard InChI is InChI=1S/C21H24O4/c1-3-5-9-15(4-2)21(24)25-17-12-13-18(19(22)14-17)20(23)16-10-7-6-8-11-16/h6-8,10-15,22H,3-5,9H2,1-2H3/t15-/m0/s1. The molecule has 0 saturated heterocycles. The van der Waals surface area contributed by atoms with Crippen molar-refractivity contribution in [2.45, 2.75) is 39.5 Å². The van der Waals surface area contributed by atoms with Crippen molar-refractivity contribution in [3.8, 4) is 11.5 Å². The Bertz CT molecular complexity index is 722. The number of rotatable bonds is 8. The summed E-state index contributed by atoms with van der Waals surface area (Å²) in [5.74, 6) is -0.654. The molecule has 4 heteroatoms. The van der Waals surface area contributed by atoms with Crippen LogP contribution < -0.4 is 4.74 Å². The zero-order valence-electron chi connectivity index (χ0n) is 14.7. The second-order valence-electron chi connectivity index (χ2n) is 6.04. The fourth-order valence-electron chi connectivity index (χ4n) is 2.65. The van der Waals surface area contributed by atoms with Gasteiger partial charge < -0.3 is 9.84 Å². The van der Waals surface area contributed by atoms with Crippen LogP contribution in [0.3, 0.4) is 0 Å². The lowest BCUT2D eigenvalue weighted by molar-refractivity contribution is -0.139. The molecule has 0 radical (unpaired) electrons. The Kier molecular flexibility index (Phi) is 6.75. The van der Waals surface area contributed by atoms with Crippen LogP contribution in [-0.4, -0.2) is 16.9 Å². The number of esters is 1. The lowest BCUT2D eigenvalue weighted by Gasteiger charge is -2.14. The Labute approximate surface area is 148 Å². The van der Waals surface area contributed by atoms with Gasteiger partial charge in [0.2, 0.25) is 0 Å². The largest absolute Gasteiger partial charge is 0.507 e. The number of phenols is 1. The molecule has 1 atom stereocenters. The van der Waals surface area contributed by atoms with E-state index in [1.165, 1.54) is 12.1 Å². The van der Waals surface area contributed by atoms with Crippen molar-refractivity contribution in [3.05, 3.63) is 59.7 Å². The fourth-order valence-corrected chi connectivity index (χ4v) is 2.65. The molecule has 0 aromatic heterocycles. The average molecular weight is 340 g/mol. The maximum absolute atomic E-state index is 12.4. The van der Waals surface area contributed by atoms with Crippen molar-refractivity contribution in [3.63, 3.8) is 0 Å². The molecule has 1 N–H and O–H groups in total. The summed E-state index contributed by atoms with van der Waals surface area (Å²) in [5.41, 5.74) is 0.678. The summed E-state index contributed by atoms with van der Waals surface area (Å²) < 4.78 is 5.38. The number of carbonyl (C=O) groups is 2. The molecular formula is C21H24O4. The molecule has 2 rings (SSSR count). The molecule has 0 aliphatic rings. The van der Waals surface area contributed by atoms with E-state index in [1.54, 1.807) is 30.3 Å². The first-order chi connectivity index (χ1) is 12.1. The first-order valence-electron chi connectivity index (χ1n) is 8.71. The van der Waals surface area contributed by atoms with Crippen LogP contribution in [-0.2, 0) is 4.79 Å². The molecule has 0 heterocycles. The van der Waals surface area contributed by atoms with E-state index in [2.05, 4.69) is 6.92 Å². The SMILES string of the molecule is CCCC[C@H](CC)C(=O)Oc1ccc(C(=O)c2ccccc2)c(O)c1. The van der Waals surface area contributed by atoms with Gasteiger partial charge in [0.05, 0.1) is 11.5 Å². The second-order valence-corrected chi connectivity index (χ2v) is 6.04. The fraction of sp³-hybridized carbons (Fsp3) is 0.333. The first-order valence-corrected chi connectivity index (χ1v) is 8.71. The van der Waals surface area contributed by atoms with E-state index in [0.29, 0.717) is 5.56 Å². The van der Waals surface area contributed by atoms with Gasteiger partial charge in [-0.05, 0) is 25.0 Å². The maximum Gasteiger partial charge on any atom is 0.314 e. The van der Waals surface area contributed by atoms with Crippen molar-refractivity contribution < 1.29 is 19.4 Å². The molecule has 0 saturated carbocycles. The Morgan fingerprint density at radius 3 is 2.40 bits per heavy atom. The number of aromatic hydroxyl groups is 1. The van der Waals surface area contributed by atoms with Gasteiger partial charge in [-0.25, -0.2) is 0 Å². The van der Waals surface area contributed by atoms with Gasteiger partial charge in [-0.2, -0.15) is 0 Å². The molecule has 0 aliphatic carbocycles. The van der Waals surface area contributed by atoms with E-state index in [9.17, 15) is 14.7 Å². The molecule has 0 unspecified atom stereocenters. The zero-order valence-corrected chi connectivity index (χ0v) is 14.7. The number of benzene rings is 2. The molecule has 0 aliphatic heterocycles. The summed E-state index contributed by atoms with van der Waals surface area (Å²) in [6.07, 6.45) is 3.52. The van der Waals surface area contributed by atoms with Crippen LogP contribution in [0.4, 0.5) is 0 Å². The van der Waals surface area contributed by atoms with E-state index in [1.807, 2.05) is 13.0 Å². The predicted octanol–water partition coefficient (Wildman–Crippen LogP) is 4.75. The average Bonchev–Trinajstić information content (AvgIpc) is 2.62. The number of ether oxygens (including phenoxy) is 1. The summed E-state index contributed by atoms with van der Waals surface area (Å²) in [6, 6.07) is 13.1. The number of hydrogen-bond donors (Lipinski definition) is 1. The minimum Gasteiger partial charge on any atom is -0.507 e. The predicted molar refractivity (Wildman–Crippen MR) is 96.9 cm³/mol. The molecule has 2 aromatic carbocycles. The Morgan fingerprint density at radius 1 is 1.08 bits per heavy atom. The normalized spacial score (nSPS) is 11.8. The van der Waals surface area contributed by atoms with Gasteiger partial charge >= 0.3 is 5.97 Å². The Morgan fingerprint density at radius 2 is 1.80 bits per heavy atom. The summed E-state index contributed by atoms with van der Waals surface area (Å²) >= 11 is 0. The highest BCUT2D eigenvalue weighted by atomic mass is 16.5. The van der Waals surface area contributed by atoms with Crippen molar-refractivity contribution in [1.82, 2.24) is 0 Å². The van der Waals surface area contributed by atoms with E-state index >= 15 is 0 Å². The van der Waals surface area contributed by atoms with Crippen LogP contribution in [0.1, 0.15) is 55.5 Å². The second kappa shape index (κ2) is 9.02. The van der Waals surface area contributed by atoms with Crippen molar-refractivity contribution in [2.24, 2.45) is 5.92 Å². The van der Waals surface area contributed by atoms with Gasteiger partial charge in [-0.1, -0.05) is 57.0 Å². The number of phenolic OH excluding ortho intramolecular Hbond substituents is 1. The number of carbonyl (C=O) groups excluding carboxylic acids is 2. The van der Waals surface area contributed by atoms with Crippen LogP contribution in [0.5, 0.6) is 11.5 Å². The van der Waals surface area contributed by atoms with Gasteiger partial charge in [0, 0.05) is 11.6 Å². The molecule has 4 nitrogen and oxygen atoms in total. The number of unbranched alkanes of at least 4 members (excludes halogenated alkanes) is 1. The van der Waals surface area contributed by atoms with Crippen molar-refractivity contribution >= 4 is 11.8 Å².